The molecule has 0 bridgehead atoms. The molecule has 6 heteroatoms. The second kappa shape index (κ2) is 10.0. The zero-order chi connectivity index (χ0) is 14.8. The van der Waals surface area contributed by atoms with E-state index in [9.17, 15) is 9.59 Å². The first kappa shape index (κ1) is 17.3. The van der Waals surface area contributed by atoms with Crippen LogP contribution >= 0.6 is 11.8 Å². The molecular weight excluding hydrogens is 276 g/mol. The Labute approximate surface area is 125 Å². The van der Waals surface area contributed by atoms with Crippen LogP contribution in [0.4, 0.5) is 0 Å². The molecule has 1 aliphatic rings. The second-order valence-electron chi connectivity index (χ2n) is 5.25. The maximum Gasteiger partial charge on any atom is 0.326 e. The Balaban J connectivity index is 2.27. The van der Waals surface area contributed by atoms with Crippen molar-refractivity contribution in [2.75, 3.05) is 31.6 Å². The van der Waals surface area contributed by atoms with Crippen LogP contribution in [0, 0.1) is 0 Å². The van der Waals surface area contributed by atoms with Gasteiger partial charge in [-0.3, -0.25) is 4.79 Å². The lowest BCUT2D eigenvalue weighted by Gasteiger charge is -2.20. The topological polar surface area (TPSA) is 69.6 Å². The highest BCUT2D eigenvalue weighted by molar-refractivity contribution is 7.98. The van der Waals surface area contributed by atoms with E-state index < -0.39 is 12.0 Å². The molecule has 1 heterocycles. The first-order valence-electron chi connectivity index (χ1n) is 7.37. The van der Waals surface area contributed by atoms with Crippen molar-refractivity contribution in [2.45, 2.75) is 44.6 Å². The third kappa shape index (κ3) is 7.14. The molecule has 1 rings (SSSR count). The Morgan fingerprint density at radius 2 is 1.90 bits per heavy atom. The van der Waals surface area contributed by atoms with E-state index in [4.69, 9.17) is 5.11 Å². The van der Waals surface area contributed by atoms with Gasteiger partial charge in [0.25, 0.3) is 0 Å². The lowest BCUT2D eigenvalue weighted by Crippen LogP contribution is -2.42. The van der Waals surface area contributed by atoms with Gasteiger partial charge in [-0.1, -0.05) is 12.8 Å². The molecule has 2 N–H and O–H groups in total. The fourth-order valence-electron chi connectivity index (χ4n) is 2.38. The number of likely N-dealkylation sites (tertiary alicyclic amines) is 1. The summed E-state index contributed by atoms with van der Waals surface area (Å²) in [6.45, 7) is 2.85. The molecule has 0 radical (unpaired) electrons. The van der Waals surface area contributed by atoms with Crippen molar-refractivity contribution in [3.05, 3.63) is 0 Å². The summed E-state index contributed by atoms with van der Waals surface area (Å²) in [5.74, 6) is -0.353. The molecule has 116 valence electrons. The Hall–Kier alpha value is -0.750. The summed E-state index contributed by atoms with van der Waals surface area (Å²) < 4.78 is 0. The number of aliphatic carboxylic acids is 1. The van der Waals surface area contributed by atoms with Gasteiger partial charge in [0.05, 0.1) is 0 Å². The average molecular weight is 302 g/mol. The molecule has 1 saturated heterocycles. The normalized spacial score (nSPS) is 18.2. The van der Waals surface area contributed by atoms with Crippen LogP contribution in [0.3, 0.4) is 0 Å². The van der Waals surface area contributed by atoms with Gasteiger partial charge in [-0.2, -0.15) is 11.8 Å². The number of nitrogens with zero attached hydrogens (tertiary/aromatic N) is 1. The van der Waals surface area contributed by atoms with Crippen LogP contribution in [0.25, 0.3) is 0 Å². The minimum Gasteiger partial charge on any atom is -0.480 e. The predicted octanol–water partition coefficient (Wildman–Crippen LogP) is 1.57. The molecule has 0 aromatic heterocycles. The largest absolute Gasteiger partial charge is 0.480 e. The molecule has 1 fully saturated rings. The van der Waals surface area contributed by atoms with Crippen LogP contribution < -0.4 is 5.32 Å². The molecule has 0 aliphatic carbocycles. The molecule has 5 nitrogen and oxygen atoms in total. The summed E-state index contributed by atoms with van der Waals surface area (Å²) in [6, 6.07) is -0.751. The Bertz CT molecular complexity index is 305. The smallest absolute Gasteiger partial charge is 0.326 e. The Morgan fingerprint density at radius 3 is 2.45 bits per heavy atom. The Kier molecular flexibility index (Phi) is 8.69. The van der Waals surface area contributed by atoms with E-state index in [2.05, 4.69) is 10.2 Å². The average Bonchev–Trinajstić information content (AvgIpc) is 2.69. The van der Waals surface area contributed by atoms with E-state index in [1.54, 1.807) is 11.8 Å². The van der Waals surface area contributed by atoms with Gasteiger partial charge < -0.3 is 15.3 Å². The van der Waals surface area contributed by atoms with E-state index >= 15 is 0 Å². The highest BCUT2D eigenvalue weighted by Gasteiger charge is 2.19. The standard InChI is InChI=1S/C14H26N2O3S/c1-20-11-7-12(14(18)19)15-13(17)6-10-16-8-4-2-3-5-9-16/h12H,2-11H2,1H3,(H,15,17)(H,18,19). The van der Waals surface area contributed by atoms with Crippen LogP contribution in [0.1, 0.15) is 38.5 Å². The second-order valence-corrected chi connectivity index (χ2v) is 6.23. The summed E-state index contributed by atoms with van der Waals surface area (Å²) in [6.07, 6.45) is 7.76. The van der Waals surface area contributed by atoms with Gasteiger partial charge in [0.2, 0.25) is 5.91 Å². The molecule has 0 aromatic carbocycles. The monoisotopic (exact) mass is 302 g/mol. The van der Waals surface area contributed by atoms with E-state index in [0.717, 1.165) is 25.4 Å². The number of carboxylic acid groups (broad SMARTS) is 1. The molecule has 1 amide bonds. The summed E-state index contributed by atoms with van der Waals surface area (Å²) in [7, 11) is 0. The summed E-state index contributed by atoms with van der Waals surface area (Å²) >= 11 is 1.59. The van der Waals surface area contributed by atoms with Gasteiger partial charge in [0, 0.05) is 13.0 Å². The number of carbonyl (C=O) groups is 2. The SMILES string of the molecule is CSCCC(NC(=O)CCN1CCCCCC1)C(=O)O. The van der Waals surface area contributed by atoms with E-state index in [1.165, 1.54) is 25.7 Å². The zero-order valence-corrected chi connectivity index (χ0v) is 13.1. The van der Waals surface area contributed by atoms with Crippen molar-refractivity contribution < 1.29 is 14.7 Å². The van der Waals surface area contributed by atoms with Gasteiger partial charge in [-0.25, -0.2) is 4.79 Å². The van der Waals surface area contributed by atoms with E-state index in [-0.39, 0.29) is 5.91 Å². The maximum absolute atomic E-state index is 11.8. The van der Waals surface area contributed by atoms with Crippen molar-refractivity contribution in [3.8, 4) is 0 Å². The number of hydrogen-bond donors (Lipinski definition) is 2. The minimum atomic E-state index is -0.942. The van der Waals surface area contributed by atoms with Gasteiger partial charge in [0.1, 0.15) is 6.04 Å². The van der Waals surface area contributed by atoms with Crippen molar-refractivity contribution >= 4 is 23.6 Å². The molecule has 1 unspecified atom stereocenters. The third-order valence-electron chi connectivity index (χ3n) is 3.60. The van der Waals surface area contributed by atoms with Crippen molar-refractivity contribution in [1.82, 2.24) is 10.2 Å². The number of nitrogens with one attached hydrogen (secondary N) is 1. The summed E-state index contributed by atoms with van der Waals surface area (Å²) in [5, 5.41) is 11.7. The van der Waals surface area contributed by atoms with Crippen LogP contribution in [0.2, 0.25) is 0 Å². The van der Waals surface area contributed by atoms with Gasteiger partial charge in [-0.15, -0.1) is 0 Å². The zero-order valence-electron chi connectivity index (χ0n) is 12.3. The minimum absolute atomic E-state index is 0.150. The molecule has 1 aliphatic heterocycles. The third-order valence-corrected chi connectivity index (χ3v) is 4.24. The predicted molar refractivity (Wildman–Crippen MR) is 82.1 cm³/mol. The highest BCUT2D eigenvalue weighted by Crippen LogP contribution is 2.09. The number of rotatable bonds is 8. The maximum atomic E-state index is 11.8. The molecular formula is C14H26N2O3S. The number of amides is 1. The molecule has 0 spiro atoms. The summed E-state index contributed by atoms with van der Waals surface area (Å²) in [4.78, 5) is 25.2. The lowest BCUT2D eigenvalue weighted by molar-refractivity contribution is -0.141. The highest BCUT2D eigenvalue weighted by atomic mass is 32.2. The first-order valence-corrected chi connectivity index (χ1v) is 8.76. The number of hydrogen-bond acceptors (Lipinski definition) is 4. The summed E-state index contributed by atoms with van der Waals surface area (Å²) in [5.41, 5.74) is 0. The van der Waals surface area contributed by atoms with Crippen molar-refractivity contribution in [3.63, 3.8) is 0 Å². The van der Waals surface area contributed by atoms with E-state index in [1.807, 2.05) is 6.26 Å². The van der Waals surface area contributed by atoms with Crippen LogP contribution in [-0.4, -0.2) is 59.6 Å². The van der Waals surface area contributed by atoms with Crippen molar-refractivity contribution in [1.29, 1.82) is 0 Å². The fourth-order valence-corrected chi connectivity index (χ4v) is 2.85. The number of thioether (sulfide) groups is 1. The first-order chi connectivity index (χ1) is 9.63. The molecule has 0 saturated carbocycles. The van der Waals surface area contributed by atoms with Crippen LogP contribution in [0.15, 0.2) is 0 Å². The van der Waals surface area contributed by atoms with Crippen LogP contribution in [0.5, 0.6) is 0 Å². The van der Waals surface area contributed by atoms with Crippen molar-refractivity contribution in [2.24, 2.45) is 0 Å². The molecule has 1 atom stereocenters. The number of carboxylic acids is 1. The number of carbonyl (C=O) groups excluding carboxylic acids is 1. The lowest BCUT2D eigenvalue weighted by atomic mass is 10.2. The molecule has 20 heavy (non-hydrogen) atoms. The quantitative estimate of drug-likeness (QED) is 0.712. The molecule has 0 aromatic rings. The van der Waals surface area contributed by atoms with Gasteiger partial charge >= 0.3 is 5.97 Å². The van der Waals surface area contributed by atoms with E-state index in [0.29, 0.717) is 12.8 Å². The van der Waals surface area contributed by atoms with Gasteiger partial charge in [0.15, 0.2) is 0 Å². The van der Waals surface area contributed by atoms with Gasteiger partial charge in [-0.05, 0) is 44.4 Å². The Morgan fingerprint density at radius 1 is 1.25 bits per heavy atom. The van der Waals surface area contributed by atoms with Crippen LogP contribution in [-0.2, 0) is 9.59 Å². The fraction of sp³-hybridized carbons (Fsp3) is 0.857.